The smallest absolute Gasteiger partial charge is 0.338 e. The van der Waals surface area contributed by atoms with Crippen molar-refractivity contribution in [3.63, 3.8) is 0 Å². The average molecular weight is 886 g/mol. The molecule has 3 fully saturated rings. The molecule has 344 valence electrons. The van der Waals surface area contributed by atoms with Gasteiger partial charge in [-0.25, -0.2) is 9.59 Å². The van der Waals surface area contributed by atoms with Crippen LogP contribution in [0.15, 0.2) is 102 Å². The van der Waals surface area contributed by atoms with Gasteiger partial charge in [-0.15, -0.1) is 0 Å². The molecule has 1 saturated heterocycles. The molecule has 64 heavy (non-hydrogen) atoms. The number of carbonyl (C=O) groups is 6. The average Bonchev–Trinajstić information content (AvgIpc) is 3.24. The van der Waals surface area contributed by atoms with Gasteiger partial charge in [-0.3, -0.25) is 19.2 Å². The van der Waals surface area contributed by atoms with Crippen molar-refractivity contribution in [3.05, 3.63) is 119 Å². The summed E-state index contributed by atoms with van der Waals surface area (Å²) in [5.41, 5.74) is -7.02. The Morgan fingerprint density at radius 1 is 0.812 bits per heavy atom. The van der Waals surface area contributed by atoms with Crippen molar-refractivity contribution in [2.45, 2.75) is 123 Å². The number of hydrogen-bond donors (Lipinski definition) is 4. The minimum absolute atomic E-state index is 0. The number of ether oxygens (including phenoxy) is 5. The van der Waals surface area contributed by atoms with Gasteiger partial charge >= 0.3 is 23.9 Å². The first kappa shape index (κ1) is 49.3. The lowest BCUT2D eigenvalue weighted by Gasteiger charge is -2.67. The standard InChI is InChI=1S/C47H51NO14.2CH4/c1-25-31(60-43(56)36(52)35(28-16-10-7-11-17-28)48-41(54)29-18-12-8-13-19-29)23-47(57)40(61-42(55)30-20-14-9-15-21-30)38-45(6,32(51)22-33-46(38,24-58-33)62-27(3)50)39(53)37(59-26(2)49)34(25)44(47,4)5;;/h7-21,31-33,35-38,40,51-52,57H,22-24H2,1-6H3,(H,48,54);2*1H4/t31-,32-,33+,35?,36+,37+,38?,40-,45+,46-,47+;;/m0../s1. The Kier molecular flexibility index (Phi) is 14.2. The molecule has 15 heteroatoms. The maximum atomic E-state index is 15.5. The molecular formula is C49H59NO14. The molecule has 4 N–H and O–H groups in total. The zero-order valence-corrected chi connectivity index (χ0v) is 35.2. The highest BCUT2D eigenvalue weighted by atomic mass is 16.6. The predicted octanol–water partition coefficient (Wildman–Crippen LogP) is 5.01. The van der Waals surface area contributed by atoms with E-state index in [4.69, 9.17) is 23.7 Å². The molecule has 11 atom stereocenters. The SMILES string of the molecule is C.C.CC(=O)O[C@H]1C(=O)[C@@]2(C)C([C@H](OC(=O)c3ccccc3)[C@]3(O)C[C@H](OC(=O)[C@H](O)C(NC(=O)c4ccccc4)c4ccccc4)C(C)=C1C3(C)C)[C@]1(OC(C)=O)CO[C@@H]1C[C@@H]2O. The first-order valence-electron chi connectivity index (χ1n) is 20.5. The van der Waals surface area contributed by atoms with Gasteiger partial charge in [-0.2, -0.15) is 0 Å². The van der Waals surface area contributed by atoms with E-state index in [2.05, 4.69) is 5.32 Å². The summed E-state index contributed by atoms with van der Waals surface area (Å²) in [6, 6.07) is 22.9. The molecule has 7 rings (SSSR count). The minimum Gasteiger partial charge on any atom is -0.456 e. The number of hydrogen-bond acceptors (Lipinski definition) is 14. The molecule has 1 amide bonds. The van der Waals surface area contributed by atoms with Gasteiger partial charge in [0.2, 0.25) is 0 Å². The molecule has 3 aromatic rings. The largest absolute Gasteiger partial charge is 0.456 e. The number of carbonyl (C=O) groups excluding carboxylic acids is 6. The van der Waals surface area contributed by atoms with E-state index in [1.165, 1.54) is 26.0 Å². The minimum atomic E-state index is -2.39. The Balaban J connectivity index is 0.00000385. The third kappa shape index (κ3) is 8.14. The second-order valence-electron chi connectivity index (χ2n) is 17.4. The van der Waals surface area contributed by atoms with Crippen LogP contribution in [0, 0.1) is 16.7 Å². The van der Waals surface area contributed by atoms with Crippen molar-refractivity contribution >= 4 is 35.6 Å². The van der Waals surface area contributed by atoms with Crippen LogP contribution >= 0.6 is 0 Å². The van der Waals surface area contributed by atoms with Gasteiger partial charge in [-0.1, -0.05) is 95.4 Å². The molecule has 0 spiro atoms. The quantitative estimate of drug-likeness (QED) is 0.120. The second kappa shape index (κ2) is 18.4. The Morgan fingerprint density at radius 3 is 1.91 bits per heavy atom. The summed E-state index contributed by atoms with van der Waals surface area (Å²) >= 11 is 0. The Bertz CT molecular complexity index is 2280. The first-order valence-corrected chi connectivity index (χ1v) is 20.5. The van der Waals surface area contributed by atoms with E-state index in [-0.39, 0.29) is 50.2 Å². The summed E-state index contributed by atoms with van der Waals surface area (Å²) in [5.74, 6) is -6.84. The maximum Gasteiger partial charge on any atom is 0.338 e. The summed E-state index contributed by atoms with van der Waals surface area (Å²) in [6.45, 7) is 7.97. The lowest BCUT2D eigenvalue weighted by molar-refractivity contribution is -0.346. The van der Waals surface area contributed by atoms with Crippen molar-refractivity contribution in [1.82, 2.24) is 5.32 Å². The lowest BCUT2D eigenvalue weighted by Crippen LogP contribution is -2.82. The zero-order chi connectivity index (χ0) is 44.9. The van der Waals surface area contributed by atoms with Gasteiger partial charge in [0.1, 0.15) is 23.9 Å². The number of aliphatic hydroxyl groups is 3. The molecular weight excluding hydrogens is 827 g/mol. The first-order chi connectivity index (χ1) is 29.3. The fraction of sp³-hybridized carbons (Fsp3) is 0.469. The van der Waals surface area contributed by atoms with Crippen LogP contribution in [0.2, 0.25) is 0 Å². The predicted molar refractivity (Wildman–Crippen MR) is 231 cm³/mol. The number of aliphatic hydroxyl groups excluding tert-OH is 2. The van der Waals surface area contributed by atoms with Crippen LogP contribution in [-0.2, 0) is 42.9 Å². The molecule has 1 heterocycles. The van der Waals surface area contributed by atoms with Crippen molar-refractivity contribution in [2.75, 3.05) is 6.61 Å². The summed E-state index contributed by atoms with van der Waals surface area (Å²) in [4.78, 5) is 83.5. The molecule has 0 aromatic heterocycles. The van der Waals surface area contributed by atoms with E-state index in [0.717, 1.165) is 13.8 Å². The van der Waals surface area contributed by atoms with Crippen LogP contribution in [0.1, 0.15) is 102 Å². The van der Waals surface area contributed by atoms with Crippen molar-refractivity contribution in [1.29, 1.82) is 0 Å². The van der Waals surface area contributed by atoms with Gasteiger partial charge in [0.15, 0.2) is 23.6 Å². The van der Waals surface area contributed by atoms with Crippen molar-refractivity contribution < 1.29 is 67.8 Å². The van der Waals surface area contributed by atoms with Gasteiger partial charge in [-0.05, 0) is 54.8 Å². The van der Waals surface area contributed by atoms with Crippen LogP contribution in [0.4, 0.5) is 0 Å². The number of esters is 4. The summed E-state index contributed by atoms with van der Waals surface area (Å²) in [5, 5.41) is 40.2. The summed E-state index contributed by atoms with van der Waals surface area (Å²) < 4.78 is 30.3. The monoisotopic (exact) mass is 885 g/mol. The third-order valence-electron chi connectivity index (χ3n) is 13.5. The number of ketones is 1. The number of benzene rings is 3. The molecule has 0 radical (unpaired) electrons. The molecule has 1 aliphatic heterocycles. The van der Waals surface area contributed by atoms with Crippen molar-refractivity contribution in [3.8, 4) is 0 Å². The number of fused-ring (bicyclic) bond motifs is 5. The maximum absolute atomic E-state index is 15.5. The molecule has 3 aliphatic carbocycles. The molecule has 3 aromatic carbocycles. The van der Waals surface area contributed by atoms with Crippen LogP contribution < -0.4 is 5.32 Å². The van der Waals surface area contributed by atoms with Crippen molar-refractivity contribution in [2.24, 2.45) is 16.7 Å². The third-order valence-corrected chi connectivity index (χ3v) is 13.5. The fourth-order valence-corrected chi connectivity index (χ4v) is 10.2. The highest BCUT2D eigenvalue weighted by Gasteiger charge is 2.78. The van der Waals surface area contributed by atoms with Crippen LogP contribution in [0.5, 0.6) is 0 Å². The summed E-state index contributed by atoms with van der Waals surface area (Å²) in [7, 11) is 0. The van der Waals surface area contributed by atoms with Gasteiger partial charge in [0, 0.05) is 37.7 Å². The fourth-order valence-electron chi connectivity index (χ4n) is 10.2. The normalized spacial score (nSPS) is 30.9. The zero-order valence-electron chi connectivity index (χ0n) is 35.2. The molecule has 2 unspecified atom stereocenters. The molecule has 15 nitrogen and oxygen atoms in total. The number of amides is 1. The van der Waals surface area contributed by atoms with Crippen LogP contribution in [-0.4, -0.2) is 105 Å². The highest BCUT2D eigenvalue weighted by Crippen LogP contribution is 2.64. The number of nitrogens with one attached hydrogen (secondary N) is 1. The van der Waals surface area contributed by atoms with E-state index in [0.29, 0.717) is 5.56 Å². The Morgan fingerprint density at radius 2 is 1.38 bits per heavy atom. The Labute approximate surface area is 373 Å². The summed E-state index contributed by atoms with van der Waals surface area (Å²) in [6.07, 6.45) is -10.5. The lowest BCUT2D eigenvalue weighted by atomic mass is 9.44. The van der Waals surface area contributed by atoms with E-state index >= 15 is 4.79 Å². The van der Waals surface area contributed by atoms with E-state index in [1.807, 2.05) is 0 Å². The Hall–Kier alpha value is -5.74. The highest BCUT2D eigenvalue weighted by molar-refractivity contribution is 5.96. The van der Waals surface area contributed by atoms with Gasteiger partial charge < -0.3 is 44.3 Å². The topological polar surface area (TPSA) is 221 Å². The van der Waals surface area contributed by atoms with Gasteiger partial charge in [0.25, 0.3) is 5.91 Å². The van der Waals surface area contributed by atoms with Gasteiger partial charge in [0.05, 0.1) is 35.6 Å². The van der Waals surface area contributed by atoms with Crippen LogP contribution in [0.25, 0.3) is 0 Å². The van der Waals surface area contributed by atoms with E-state index in [1.54, 1.807) is 92.7 Å². The van der Waals surface area contributed by atoms with Crippen LogP contribution in [0.3, 0.4) is 0 Å². The number of Topliss-reactive ketones (excluding diaryl/α,β-unsaturated/α-hetero) is 1. The number of rotatable bonds is 10. The van der Waals surface area contributed by atoms with E-state index in [9.17, 15) is 39.3 Å². The molecule has 2 saturated carbocycles. The molecule has 4 aliphatic rings. The molecule has 2 bridgehead atoms. The second-order valence-corrected chi connectivity index (χ2v) is 17.4. The van der Waals surface area contributed by atoms with E-state index < -0.39 is 113 Å².